The highest BCUT2D eigenvalue weighted by molar-refractivity contribution is 6.58. The summed E-state index contributed by atoms with van der Waals surface area (Å²) in [7, 11) is -1.52. The van der Waals surface area contributed by atoms with Gasteiger partial charge in [0.2, 0.25) is 0 Å². The minimum absolute atomic E-state index is 0.425. The zero-order valence-corrected chi connectivity index (χ0v) is 49.5. The Morgan fingerprint density at radius 1 is 0.337 bits per heavy atom. The quantitative estimate of drug-likeness (QED) is 0.111. The summed E-state index contributed by atoms with van der Waals surface area (Å²) in [6.07, 6.45) is 9.09. The van der Waals surface area contributed by atoms with Crippen molar-refractivity contribution in [2.45, 2.75) is 6.92 Å². The SMILES string of the molecule is Cc1c2oc3c(c2cc2c1oc1ccccc12)=CC=C[C+]=3.OB(O)c1cccc(-c2cc(-c3ccccc3)nc(-c3ccccc3)n2)c1.c1ccc(-c2cc(-c3cccc(-c4c5oc6ccccc6c5cc5c4oc4ccccc45)c3)nc(-c3ccccc3)n2)cc1. The number of rotatable bonds is 8. The molecule has 17 aromatic rings. The van der Waals surface area contributed by atoms with E-state index in [1.165, 1.54) is 0 Å². The molecule has 0 aliphatic heterocycles. The van der Waals surface area contributed by atoms with Gasteiger partial charge in [-0.3, -0.25) is 0 Å². The molecule has 11 heteroatoms. The minimum atomic E-state index is -1.52. The molecule has 6 heterocycles. The number of para-hydroxylation sites is 3. The monoisotopic (exact) mass is 1190 g/mol. The molecule has 11 aromatic carbocycles. The number of aromatic nitrogens is 4. The van der Waals surface area contributed by atoms with E-state index in [1.807, 2.05) is 176 Å². The van der Waals surface area contributed by atoms with E-state index in [-0.39, 0.29) is 0 Å². The maximum Gasteiger partial charge on any atom is 0.488 e. The second kappa shape index (κ2) is 23.4. The number of allylic oxidation sites excluding steroid dienone is 2. The number of fused-ring (bicyclic) bond motifs is 12. The van der Waals surface area contributed by atoms with Crippen LogP contribution in [0, 0.1) is 6.92 Å². The zero-order valence-electron chi connectivity index (χ0n) is 49.5. The first-order valence-corrected chi connectivity index (χ1v) is 30.3. The highest BCUT2D eigenvalue weighted by atomic mass is 16.4. The lowest BCUT2D eigenvalue weighted by Gasteiger charge is -2.11. The molecule has 0 saturated carbocycles. The molecule has 6 aromatic heterocycles. The molecule has 0 atom stereocenters. The predicted octanol–water partition coefficient (Wildman–Crippen LogP) is 17.7. The van der Waals surface area contributed by atoms with Gasteiger partial charge in [0.1, 0.15) is 44.8 Å². The maximum atomic E-state index is 9.48. The van der Waals surface area contributed by atoms with Gasteiger partial charge in [0.15, 0.2) is 17.2 Å². The lowest BCUT2D eigenvalue weighted by molar-refractivity contribution is 0.426. The summed E-state index contributed by atoms with van der Waals surface area (Å²) in [6.45, 7) is 2.05. The Hall–Kier alpha value is -12.1. The molecule has 0 saturated heterocycles. The topological polar surface area (TPSA) is 145 Å². The van der Waals surface area contributed by atoms with E-state index >= 15 is 0 Å². The lowest BCUT2D eigenvalue weighted by Crippen LogP contribution is -2.29. The number of aryl methyl sites for hydroxylation is 1. The summed E-state index contributed by atoms with van der Waals surface area (Å²) >= 11 is 0. The summed E-state index contributed by atoms with van der Waals surface area (Å²) in [5, 5.41) is 27.8. The van der Waals surface area contributed by atoms with Crippen molar-refractivity contribution in [1.82, 2.24) is 19.9 Å². The van der Waals surface area contributed by atoms with E-state index < -0.39 is 7.12 Å². The van der Waals surface area contributed by atoms with Gasteiger partial charge in [0, 0.05) is 71.8 Å². The Morgan fingerprint density at radius 2 is 0.728 bits per heavy atom. The van der Waals surface area contributed by atoms with Gasteiger partial charge in [-0.25, -0.2) is 19.9 Å². The third-order valence-electron chi connectivity index (χ3n) is 16.8. The van der Waals surface area contributed by atoms with Crippen molar-refractivity contribution in [1.29, 1.82) is 0 Å². The Morgan fingerprint density at radius 3 is 1.24 bits per heavy atom. The van der Waals surface area contributed by atoms with Crippen molar-refractivity contribution in [2.75, 3.05) is 0 Å². The third-order valence-corrected chi connectivity index (χ3v) is 16.8. The van der Waals surface area contributed by atoms with Crippen LogP contribution in [0.25, 0.3) is 168 Å². The number of furan rings is 4. The molecule has 0 radical (unpaired) electrons. The second-order valence-corrected chi connectivity index (χ2v) is 22.5. The van der Waals surface area contributed by atoms with Gasteiger partial charge in [-0.05, 0) is 72.0 Å². The van der Waals surface area contributed by atoms with Crippen LogP contribution in [0.3, 0.4) is 0 Å². The highest BCUT2D eigenvalue weighted by Crippen LogP contribution is 2.45. The molecular weight excluding hydrogens is 1140 g/mol. The average Bonchev–Trinajstić information content (AvgIpc) is 1.58. The van der Waals surface area contributed by atoms with E-state index in [9.17, 15) is 10.0 Å². The van der Waals surface area contributed by atoms with Crippen LogP contribution >= 0.6 is 0 Å². The molecule has 0 unspecified atom stereocenters. The molecule has 0 fully saturated rings. The van der Waals surface area contributed by atoms with Crippen molar-refractivity contribution in [3.8, 4) is 78.9 Å². The molecule has 10 nitrogen and oxygen atoms in total. The van der Waals surface area contributed by atoms with Gasteiger partial charge >= 0.3 is 12.5 Å². The van der Waals surface area contributed by atoms with Gasteiger partial charge in [-0.1, -0.05) is 218 Å². The largest absolute Gasteiger partial charge is 0.488 e. The first kappa shape index (κ1) is 55.2. The molecule has 0 bridgehead atoms. The molecule has 18 rings (SSSR count). The number of hydrogen-bond acceptors (Lipinski definition) is 10. The van der Waals surface area contributed by atoms with Crippen LogP contribution in [0.4, 0.5) is 0 Å². The van der Waals surface area contributed by atoms with Crippen LogP contribution in [0.5, 0.6) is 0 Å². The molecule has 92 heavy (non-hydrogen) atoms. The standard InChI is InChI=1S/C40H24N2O2.C22H17BN2O2.C19H11O2/c1-3-12-25(13-4-1)33-24-34(42-40(41-33)26-14-5-2-6-15-26)27-16-11-17-28(22-27)37-38-31(29-18-7-9-20-35(29)43-38)23-32-30-19-8-10-21-36(30)44-39(32)37;26-23(27)19-13-7-12-18(14-19)21-15-20(16-8-3-1-4-9-16)24-22(25-21)17-10-5-2-6-11-17;1-11-18-14(12-6-2-4-8-16(12)20-18)10-15-13-7-3-5-9-17(13)21-19(11)15/h1-24H;1-15,26-27H;2-8,10H,1H3/q;;+1. The molecule has 1 aliphatic rings. The van der Waals surface area contributed by atoms with E-state index in [0.29, 0.717) is 17.1 Å². The molecular formula is C81H52BN4O6+. The van der Waals surface area contributed by atoms with E-state index in [1.54, 1.807) is 18.2 Å². The molecule has 0 spiro atoms. The fourth-order valence-corrected chi connectivity index (χ4v) is 12.3. The zero-order chi connectivity index (χ0) is 61.7. The molecule has 1 aliphatic carbocycles. The summed E-state index contributed by atoms with van der Waals surface area (Å²) in [5.41, 5.74) is 19.2. The predicted molar refractivity (Wildman–Crippen MR) is 371 cm³/mol. The molecule has 2 N–H and O–H groups in total. The van der Waals surface area contributed by atoms with Crippen LogP contribution in [-0.2, 0) is 0 Å². The maximum absolute atomic E-state index is 9.48. The summed E-state index contributed by atoms with van der Waals surface area (Å²) < 4.78 is 25.1. The first-order valence-electron chi connectivity index (χ1n) is 30.3. The number of benzene rings is 11. The summed E-state index contributed by atoms with van der Waals surface area (Å²) in [4.78, 5) is 19.5. The van der Waals surface area contributed by atoms with Crippen molar-refractivity contribution >= 4 is 102 Å². The Balaban J connectivity index is 0.000000119. The van der Waals surface area contributed by atoms with Crippen molar-refractivity contribution in [3.05, 3.63) is 295 Å². The van der Waals surface area contributed by atoms with Crippen LogP contribution in [0.1, 0.15) is 5.56 Å². The van der Waals surface area contributed by atoms with Crippen molar-refractivity contribution < 1.29 is 27.7 Å². The van der Waals surface area contributed by atoms with Crippen molar-refractivity contribution in [2.24, 2.45) is 0 Å². The van der Waals surface area contributed by atoms with Gasteiger partial charge < -0.3 is 27.7 Å². The minimum Gasteiger partial charge on any atom is -0.456 e. The smallest absolute Gasteiger partial charge is 0.456 e. The van der Waals surface area contributed by atoms with E-state index in [4.69, 9.17) is 37.6 Å². The Labute approximate surface area is 527 Å². The molecule has 0 amide bonds. The fraction of sp³-hybridized carbons (Fsp3) is 0.0123. The van der Waals surface area contributed by atoms with Crippen LogP contribution in [0.15, 0.2) is 297 Å². The normalized spacial score (nSPS) is 11.7. The average molecular weight is 1190 g/mol. The highest BCUT2D eigenvalue weighted by Gasteiger charge is 2.24. The fourth-order valence-electron chi connectivity index (χ4n) is 12.3. The Kier molecular flexibility index (Phi) is 14.1. The second-order valence-electron chi connectivity index (χ2n) is 22.5. The van der Waals surface area contributed by atoms with Gasteiger partial charge in [-0.15, -0.1) is 0 Å². The van der Waals surface area contributed by atoms with Crippen molar-refractivity contribution in [3.63, 3.8) is 0 Å². The molecule has 434 valence electrons. The van der Waals surface area contributed by atoms with Gasteiger partial charge in [0.05, 0.1) is 45.9 Å². The summed E-state index contributed by atoms with van der Waals surface area (Å²) in [5.74, 6) is 1.31. The van der Waals surface area contributed by atoms with Crippen LogP contribution in [0.2, 0.25) is 0 Å². The lowest BCUT2D eigenvalue weighted by atomic mass is 9.79. The van der Waals surface area contributed by atoms with E-state index in [2.05, 4.69) is 104 Å². The Bertz CT molecular complexity index is 5620. The number of hydrogen-bond donors (Lipinski definition) is 2. The third kappa shape index (κ3) is 10.3. The van der Waals surface area contributed by atoms with Crippen LogP contribution < -0.4 is 16.1 Å². The first-order chi connectivity index (χ1) is 45.3. The van der Waals surface area contributed by atoms with Gasteiger partial charge in [-0.2, -0.15) is 0 Å². The van der Waals surface area contributed by atoms with Crippen LogP contribution in [-0.4, -0.2) is 37.1 Å². The summed E-state index contributed by atoms with van der Waals surface area (Å²) in [6, 6.07) is 88.6. The number of nitrogens with zero attached hydrogens (tertiary/aromatic N) is 4. The van der Waals surface area contributed by atoms with Gasteiger partial charge in [0.25, 0.3) is 0 Å². The van der Waals surface area contributed by atoms with E-state index in [0.717, 1.165) is 160 Å².